The van der Waals surface area contributed by atoms with Crippen LogP contribution in [-0.2, 0) is 9.47 Å². The fourth-order valence-electron chi connectivity index (χ4n) is 0.909. The molecule has 0 aliphatic rings. The lowest BCUT2D eigenvalue weighted by molar-refractivity contribution is -0.0774. The van der Waals surface area contributed by atoms with E-state index in [-0.39, 0.29) is 17.5 Å². The molecule has 1 rings (SSSR count). The first-order valence-electron chi connectivity index (χ1n) is 4.17. The van der Waals surface area contributed by atoms with Crippen LogP contribution in [0.2, 0.25) is 0 Å². The maximum absolute atomic E-state index is 11.4. The molecular formula is C10H15NO4. The summed E-state index contributed by atoms with van der Waals surface area (Å²) in [6, 6.07) is 6.19. The molecule has 0 saturated heterocycles. The Morgan fingerprint density at radius 3 is 2.53 bits per heavy atom. The average molecular weight is 213 g/mol. The monoisotopic (exact) mass is 213 g/mol. The van der Waals surface area contributed by atoms with Gasteiger partial charge < -0.3 is 20.7 Å². The SMILES string of the molecule is COC(C)OC(=O)c1ccccc1O.N. The second-order valence-corrected chi connectivity index (χ2v) is 2.73. The van der Waals surface area contributed by atoms with Crippen molar-refractivity contribution in [1.82, 2.24) is 6.15 Å². The number of para-hydroxylation sites is 1. The highest BCUT2D eigenvalue weighted by Crippen LogP contribution is 2.17. The highest BCUT2D eigenvalue weighted by atomic mass is 16.7. The minimum absolute atomic E-state index is 0. The molecule has 1 aromatic carbocycles. The van der Waals surface area contributed by atoms with Gasteiger partial charge >= 0.3 is 5.97 Å². The Bertz CT molecular complexity index is 327. The number of benzene rings is 1. The molecule has 0 aliphatic heterocycles. The van der Waals surface area contributed by atoms with Gasteiger partial charge in [-0.15, -0.1) is 0 Å². The van der Waals surface area contributed by atoms with Crippen molar-refractivity contribution >= 4 is 5.97 Å². The summed E-state index contributed by atoms with van der Waals surface area (Å²) in [6.07, 6.45) is -0.623. The molecule has 1 atom stereocenters. The molecule has 0 fully saturated rings. The number of carbonyl (C=O) groups excluding carboxylic acids is 1. The van der Waals surface area contributed by atoms with Crippen LogP contribution in [0.4, 0.5) is 0 Å². The predicted octanol–water partition coefficient (Wildman–Crippen LogP) is 1.70. The summed E-state index contributed by atoms with van der Waals surface area (Å²) in [5, 5.41) is 9.32. The van der Waals surface area contributed by atoms with Gasteiger partial charge in [-0.05, 0) is 19.1 Å². The van der Waals surface area contributed by atoms with Crippen molar-refractivity contribution in [3.8, 4) is 5.75 Å². The molecule has 0 bridgehead atoms. The minimum atomic E-state index is -0.623. The van der Waals surface area contributed by atoms with E-state index in [1.54, 1.807) is 19.1 Å². The first-order chi connectivity index (χ1) is 6.65. The molecule has 0 aromatic heterocycles. The quantitative estimate of drug-likeness (QED) is 0.589. The van der Waals surface area contributed by atoms with Crippen molar-refractivity contribution in [3.63, 3.8) is 0 Å². The lowest BCUT2D eigenvalue weighted by Crippen LogP contribution is -2.16. The smallest absolute Gasteiger partial charge is 0.344 e. The molecule has 0 amide bonds. The van der Waals surface area contributed by atoms with Crippen LogP contribution in [0.5, 0.6) is 5.75 Å². The van der Waals surface area contributed by atoms with Gasteiger partial charge in [0.1, 0.15) is 11.3 Å². The van der Waals surface area contributed by atoms with Crippen LogP contribution in [0.1, 0.15) is 17.3 Å². The zero-order valence-corrected chi connectivity index (χ0v) is 8.77. The van der Waals surface area contributed by atoms with E-state index in [1.165, 1.54) is 19.2 Å². The summed E-state index contributed by atoms with van der Waals surface area (Å²) in [6.45, 7) is 1.60. The van der Waals surface area contributed by atoms with E-state index in [2.05, 4.69) is 0 Å². The summed E-state index contributed by atoms with van der Waals surface area (Å²) >= 11 is 0. The third kappa shape index (κ3) is 3.57. The predicted molar refractivity (Wildman–Crippen MR) is 55.0 cm³/mol. The summed E-state index contributed by atoms with van der Waals surface area (Å²) < 4.78 is 9.60. The average Bonchev–Trinajstić information content (AvgIpc) is 2.18. The Morgan fingerprint density at radius 1 is 1.40 bits per heavy atom. The summed E-state index contributed by atoms with van der Waals surface area (Å²) in [5.74, 6) is -0.696. The lowest BCUT2D eigenvalue weighted by Gasteiger charge is -2.11. The van der Waals surface area contributed by atoms with Crippen molar-refractivity contribution in [2.45, 2.75) is 13.2 Å². The number of rotatable bonds is 3. The first kappa shape index (κ1) is 13.4. The number of aromatic hydroxyl groups is 1. The number of phenolic OH excluding ortho intramolecular Hbond substituents is 1. The molecule has 84 valence electrons. The Labute approximate surface area is 88.2 Å². The Balaban J connectivity index is 0.00000196. The zero-order valence-electron chi connectivity index (χ0n) is 8.77. The molecule has 1 unspecified atom stereocenters. The van der Waals surface area contributed by atoms with Gasteiger partial charge in [0.2, 0.25) is 0 Å². The van der Waals surface area contributed by atoms with E-state index in [9.17, 15) is 9.90 Å². The third-order valence-corrected chi connectivity index (χ3v) is 1.73. The fraction of sp³-hybridized carbons (Fsp3) is 0.300. The van der Waals surface area contributed by atoms with Crippen LogP contribution >= 0.6 is 0 Å². The second-order valence-electron chi connectivity index (χ2n) is 2.73. The van der Waals surface area contributed by atoms with Crippen molar-refractivity contribution in [1.29, 1.82) is 0 Å². The zero-order chi connectivity index (χ0) is 10.6. The van der Waals surface area contributed by atoms with E-state index in [1.807, 2.05) is 0 Å². The summed E-state index contributed by atoms with van der Waals surface area (Å²) in [5.41, 5.74) is 0.136. The maximum Gasteiger partial charge on any atom is 0.344 e. The van der Waals surface area contributed by atoms with Gasteiger partial charge in [-0.25, -0.2) is 4.79 Å². The second kappa shape index (κ2) is 6.00. The number of hydrogen-bond acceptors (Lipinski definition) is 5. The Kier molecular flexibility index (Phi) is 5.36. The van der Waals surface area contributed by atoms with Gasteiger partial charge in [0, 0.05) is 7.11 Å². The number of hydrogen-bond donors (Lipinski definition) is 2. The number of methoxy groups -OCH3 is 1. The van der Waals surface area contributed by atoms with Crippen LogP contribution in [0, 0.1) is 0 Å². The van der Waals surface area contributed by atoms with E-state index in [4.69, 9.17) is 9.47 Å². The minimum Gasteiger partial charge on any atom is -0.507 e. The molecule has 0 aliphatic carbocycles. The van der Waals surface area contributed by atoms with Crippen LogP contribution in [0.25, 0.3) is 0 Å². The molecule has 0 heterocycles. The molecule has 0 saturated carbocycles. The highest BCUT2D eigenvalue weighted by molar-refractivity contribution is 5.92. The number of ether oxygens (including phenoxy) is 2. The van der Waals surface area contributed by atoms with Gasteiger partial charge in [0.05, 0.1) is 0 Å². The maximum atomic E-state index is 11.4. The number of carbonyl (C=O) groups is 1. The molecule has 0 spiro atoms. The molecular weight excluding hydrogens is 198 g/mol. The van der Waals surface area contributed by atoms with Gasteiger partial charge in [-0.3, -0.25) is 0 Å². The van der Waals surface area contributed by atoms with Crippen molar-refractivity contribution in [2.75, 3.05) is 7.11 Å². The van der Waals surface area contributed by atoms with E-state index < -0.39 is 12.3 Å². The standard InChI is InChI=1S/C10H12O4.H3N/c1-7(13-2)14-10(12)8-5-3-4-6-9(8)11;/h3-7,11H,1-2H3;1H3. The van der Waals surface area contributed by atoms with Gasteiger partial charge in [-0.1, -0.05) is 12.1 Å². The molecule has 5 heteroatoms. The summed E-state index contributed by atoms with van der Waals surface area (Å²) in [7, 11) is 1.43. The fourth-order valence-corrected chi connectivity index (χ4v) is 0.909. The van der Waals surface area contributed by atoms with Crippen molar-refractivity contribution in [2.24, 2.45) is 0 Å². The Hall–Kier alpha value is -1.59. The largest absolute Gasteiger partial charge is 0.507 e. The van der Waals surface area contributed by atoms with Gasteiger partial charge in [-0.2, -0.15) is 0 Å². The van der Waals surface area contributed by atoms with Crippen LogP contribution in [0.15, 0.2) is 24.3 Å². The van der Waals surface area contributed by atoms with E-state index in [0.29, 0.717) is 0 Å². The van der Waals surface area contributed by atoms with E-state index >= 15 is 0 Å². The van der Waals surface area contributed by atoms with E-state index in [0.717, 1.165) is 0 Å². The number of esters is 1. The lowest BCUT2D eigenvalue weighted by atomic mass is 10.2. The van der Waals surface area contributed by atoms with Crippen LogP contribution < -0.4 is 6.15 Å². The third-order valence-electron chi connectivity index (χ3n) is 1.73. The van der Waals surface area contributed by atoms with Crippen LogP contribution in [0.3, 0.4) is 0 Å². The summed E-state index contributed by atoms with van der Waals surface area (Å²) in [4.78, 5) is 11.4. The van der Waals surface area contributed by atoms with Crippen LogP contribution in [-0.4, -0.2) is 24.5 Å². The highest BCUT2D eigenvalue weighted by Gasteiger charge is 2.14. The first-order valence-corrected chi connectivity index (χ1v) is 4.17. The van der Waals surface area contributed by atoms with Gasteiger partial charge in [0.25, 0.3) is 0 Å². The molecule has 0 radical (unpaired) electrons. The number of phenols is 1. The van der Waals surface area contributed by atoms with Crippen molar-refractivity contribution in [3.05, 3.63) is 29.8 Å². The topological polar surface area (TPSA) is 90.8 Å². The normalized spacial score (nSPS) is 11.3. The molecule has 1 aromatic rings. The molecule has 15 heavy (non-hydrogen) atoms. The van der Waals surface area contributed by atoms with Gasteiger partial charge in [0.15, 0.2) is 6.29 Å². The Morgan fingerprint density at radius 2 is 2.00 bits per heavy atom. The van der Waals surface area contributed by atoms with Crippen molar-refractivity contribution < 1.29 is 19.4 Å². The molecule has 5 nitrogen and oxygen atoms in total. The molecule has 4 N–H and O–H groups in total.